The number of rotatable bonds is 4. The van der Waals surface area contributed by atoms with Gasteiger partial charge in [0.25, 0.3) is 0 Å². The van der Waals surface area contributed by atoms with Gasteiger partial charge >= 0.3 is 83.4 Å². The van der Waals surface area contributed by atoms with Crippen LogP contribution in [-0.4, -0.2) is 37.6 Å². The second-order valence-electron chi connectivity index (χ2n) is 3.39. The molecule has 1 saturated heterocycles. The van der Waals surface area contributed by atoms with Crippen molar-refractivity contribution in [1.29, 1.82) is 0 Å². The average molecular weight is 249 g/mol. The summed E-state index contributed by atoms with van der Waals surface area (Å²) in [7, 11) is 0. The molecule has 1 unspecified atom stereocenters. The van der Waals surface area contributed by atoms with Gasteiger partial charge in [0.15, 0.2) is 0 Å². The van der Waals surface area contributed by atoms with E-state index in [-0.39, 0.29) is 0 Å². The van der Waals surface area contributed by atoms with Gasteiger partial charge in [-0.05, 0) is 0 Å². The molecule has 4 heteroatoms. The van der Waals surface area contributed by atoms with Crippen LogP contribution >= 0.6 is 0 Å². The Hall–Kier alpha value is 0.278. The van der Waals surface area contributed by atoms with Crippen molar-refractivity contribution in [3.63, 3.8) is 0 Å². The molecule has 0 amide bonds. The summed E-state index contributed by atoms with van der Waals surface area (Å²) in [6.07, 6.45) is 3.64. The summed E-state index contributed by atoms with van der Waals surface area (Å²) in [5.41, 5.74) is 0. The van der Waals surface area contributed by atoms with Crippen LogP contribution in [0.3, 0.4) is 0 Å². The first-order valence-electron chi connectivity index (χ1n) is 5.22. The van der Waals surface area contributed by atoms with Crippen LogP contribution in [-0.2, 0) is 7.47 Å². The minimum absolute atomic E-state index is 0.584. The molecule has 1 aliphatic heterocycles. The van der Waals surface area contributed by atoms with Gasteiger partial charge in [0, 0.05) is 0 Å². The van der Waals surface area contributed by atoms with Crippen molar-refractivity contribution < 1.29 is 7.47 Å². The normalized spacial score (nSPS) is 24.2. The molecule has 0 N–H and O–H groups in total. The number of hydrogen-bond acceptors (Lipinski definition) is 2. The van der Waals surface area contributed by atoms with Crippen LogP contribution in [0.25, 0.3) is 0 Å². The molecule has 0 aromatic rings. The zero-order valence-corrected chi connectivity index (χ0v) is 10.5. The van der Waals surface area contributed by atoms with Gasteiger partial charge in [-0.3, -0.25) is 0 Å². The zero-order valence-electron chi connectivity index (χ0n) is 8.66. The van der Waals surface area contributed by atoms with Crippen molar-refractivity contribution in [2.45, 2.75) is 38.3 Å². The monoisotopic (exact) mass is 249 g/mol. The minimum atomic E-state index is -3.09. The van der Waals surface area contributed by atoms with Crippen molar-refractivity contribution in [3.8, 4) is 0 Å². The van der Waals surface area contributed by atoms with Crippen molar-refractivity contribution in [2.75, 3.05) is 19.7 Å². The van der Waals surface area contributed by atoms with Crippen LogP contribution in [0, 0.1) is 0 Å². The second-order valence-corrected chi connectivity index (χ2v) is 9.12. The first-order valence-corrected chi connectivity index (χ1v) is 8.92. The Bertz CT molecular complexity index is 190. The van der Waals surface area contributed by atoms with E-state index in [1.165, 1.54) is 19.3 Å². The maximum absolute atomic E-state index is 12.3. The molecule has 0 aromatic carbocycles. The van der Waals surface area contributed by atoms with E-state index in [2.05, 4.69) is 3.82 Å². The molecule has 78 valence electrons. The molecule has 1 atom stereocenters. The molecule has 0 aliphatic carbocycles. The van der Waals surface area contributed by atoms with E-state index in [1.54, 1.807) is 0 Å². The standard InChI is InChI=1S/C9H20AsNO2/c1-3-10(12,13-4-2)11-8-6-5-7-9-11/h3-9H2,1-2H3. The van der Waals surface area contributed by atoms with Crippen molar-refractivity contribution in [2.24, 2.45) is 0 Å². The molecule has 1 fully saturated rings. The van der Waals surface area contributed by atoms with Crippen LogP contribution in [0.1, 0.15) is 33.1 Å². The molecule has 0 spiro atoms. The molecular weight excluding hydrogens is 229 g/mol. The van der Waals surface area contributed by atoms with Crippen LogP contribution in [0.5, 0.6) is 0 Å². The first-order chi connectivity index (χ1) is 6.23. The van der Waals surface area contributed by atoms with Gasteiger partial charge in [0.2, 0.25) is 0 Å². The van der Waals surface area contributed by atoms with Gasteiger partial charge in [-0.2, -0.15) is 0 Å². The molecule has 0 bridgehead atoms. The molecule has 0 radical (unpaired) electrons. The summed E-state index contributed by atoms with van der Waals surface area (Å²) in [5, 5.41) is 0.700. The van der Waals surface area contributed by atoms with Crippen LogP contribution in [0.4, 0.5) is 0 Å². The Morgan fingerprint density at radius 1 is 1.23 bits per heavy atom. The van der Waals surface area contributed by atoms with E-state index >= 15 is 0 Å². The van der Waals surface area contributed by atoms with E-state index in [1.807, 2.05) is 13.8 Å². The fourth-order valence-electron chi connectivity index (χ4n) is 1.76. The third kappa shape index (κ3) is 2.86. The molecular formula is C9H20AsNO2. The fraction of sp³-hybridized carbons (Fsp3) is 1.00. The van der Waals surface area contributed by atoms with E-state index in [0.29, 0.717) is 11.8 Å². The summed E-state index contributed by atoms with van der Waals surface area (Å²) in [6, 6.07) is 0. The molecule has 0 aromatic heterocycles. The third-order valence-corrected chi connectivity index (χ3v) is 8.21. The fourth-order valence-corrected chi connectivity index (χ4v) is 6.04. The van der Waals surface area contributed by atoms with E-state index in [4.69, 9.17) is 3.73 Å². The SMILES string of the molecule is CCO[As](=O)(CC)N1CCCCC1. The first kappa shape index (κ1) is 11.4. The van der Waals surface area contributed by atoms with Crippen LogP contribution in [0.2, 0.25) is 5.21 Å². The predicted molar refractivity (Wildman–Crippen MR) is 54.0 cm³/mol. The molecule has 13 heavy (non-hydrogen) atoms. The molecule has 1 rings (SSSR count). The van der Waals surface area contributed by atoms with E-state index in [9.17, 15) is 3.74 Å². The second kappa shape index (κ2) is 5.23. The summed E-state index contributed by atoms with van der Waals surface area (Å²) in [5.74, 6) is 0. The van der Waals surface area contributed by atoms with Gasteiger partial charge in [0.05, 0.1) is 0 Å². The number of piperidine rings is 1. The quantitative estimate of drug-likeness (QED) is 0.713. The summed E-state index contributed by atoms with van der Waals surface area (Å²) < 4.78 is 19.9. The Kier molecular flexibility index (Phi) is 4.57. The van der Waals surface area contributed by atoms with Gasteiger partial charge in [-0.1, -0.05) is 0 Å². The third-order valence-electron chi connectivity index (χ3n) is 2.49. The van der Waals surface area contributed by atoms with Crippen LogP contribution in [0.15, 0.2) is 0 Å². The Morgan fingerprint density at radius 3 is 2.31 bits per heavy atom. The van der Waals surface area contributed by atoms with E-state index < -0.39 is 14.1 Å². The van der Waals surface area contributed by atoms with Gasteiger partial charge in [0.1, 0.15) is 0 Å². The van der Waals surface area contributed by atoms with Gasteiger partial charge < -0.3 is 0 Å². The zero-order chi connectivity index (χ0) is 9.73. The van der Waals surface area contributed by atoms with Crippen molar-refractivity contribution >= 4 is 14.1 Å². The van der Waals surface area contributed by atoms with Gasteiger partial charge in [-0.15, -0.1) is 0 Å². The van der Waals surface area contributed by atoms with Gasteiger partial charge in [-0.25, -0.2) is 0 Å². The predicted octanol–water partition coefficient (Wildman–Crippen LogP) is 1.90. The van der Waals surface area contributed by atoms with Crippen molar-refractivity contribution in [1.82, 2.24) is 3.82 Å². The van der Waals surface area contributed by atoms with Crippen molar-refractivity contribution in [3.05, 3.63) is 0 Å². The van der Waals surface area contributed by atoms with Crippen LogP contribution < -0.4 is 0 Å². The molecule has 3 nitrogen and oxygen atoms in total. The summed E-state index contributed by atoms with van der Waals surface area (Å²) in [6.45, 7) is 6.44. The number of hydrogen-bond donors (Lipinski definition) is 0. The Labute approximate surface area is 83.7 Å². The average Bonchev–Trinajstić information content (AvgIpc) is 2.19. The van der Waals surface area contributed by atoms with E-state index in [0.717, 1.165) is 13.1 Å². The Balaban J connectivity index is 2.57. The summed E-state index contributed by atoms with van der Waals surface area (Å²) >= 11 is -3.09. The maximum atomic E-state index is 12.3. The molecule has 1 aliphatic rings. The molecule has 0 saturated carbocycles. The number of nitrogens with zero attached hydrogens (tertiary/aromatic N) is 1. The topological polar surface area (TPSA) is 29.5 Å². The Morgan fingerprint density at radius 2 is 1.85 bits per heavy atom. The molecule has 1 heterocycles. The summed E-state index contributed by atoms with van der Waals surface area (Å²) in [4.78, 5) is 0.